The molecule has 3 aliphatic heterocycles. The maximum atomic E-state index is 14.7. The van der Waals surface area contributed by atoms with Crippen molar-refractivity contribution in [1.82, 2.24) is 28.9 Å². The first-order valence-electron chi connectivity index (χ1n) is 20.1. The van der Waals surface area contributed by atoms with Crippen molar-refractivity contribution in [3.05, 3.63) is 70.5 Å². The summed E-state index contributed by atoms with van der Waals surface area (Å²) in [6.07, 6.45) is 10.3. The number of rotatable bonds is 10. The van der Waals surface area contributed by atoms with Crippen molar-refractivity contribution in [2.75, 3.05) is 26.0 Å². The van der Waals surface area contributed by atoms with Gasteiger partial charge in [-0.15, -0.1) is 0 Å². The highest BCUT2D eigenvalue weighted by Crippen LogP contribution is 2.48. The normalized spacial score (nSPS) is 19.4. The van der Waals surface area contributed by atoms with Crippen molar-refractivity contribution in [3.8, 4) is 29.0 Å². The fraction of sp³-hybridized carbons (Fsp3) is 0.477. The predicted molar refractivity (Wildman–Crippen MR) is 220 cm³/mol. The van der Waals surface area contributed by atoms with Gasteiger partial charge in [-0.1, -0.05) is 45.1 Å². The van der Waals surface area contributed by atoms with E-state index in [2.05, 4.69) is 65.1 Å². The first-order chi connectivity index (χ1) is 26.9. The number of sulfonamides is 1. The number of amides is 2. The Kier molecular flexibility index (Phi) is 10.0. The van der Waals surface area contributed by atoms with E-state index in [1.807, 2.05) is 41.6 Å². The Morgan fingerprint density at radius 2 is 1.82 bits per heavy atom. The summed E-state index contributed by atoms with van der Waals surface area (Å²) in [4.78, 5) is 32.4. The molecular formula is C44H52N6O5S. The van der Waals surface area contributed by atoms with Crippen molar-refractivity contribution >= 4 is 44.4 Å². The number of likely N-dealkylation sites (tertiary alicyclic amines) is 1. The van der Waals surface area contributed by atoms with Crippen LogP contribution in [-0.4, -0.2) is 82.4 Å². The van der Waals surface area contributed by atoms with Crippen molar-refractivity contribution in [2.24, 2.45) is 5.92 Å². The number of hydrogen-bond acceptors (Lipinski definition) is 7. The third kappa shape index (κ3) is 6.78. The standard InChI is InChI=1S/C44H52N6O5S/c1-7-47-18-17-33-22-34(47)25-48(33)44(52)38-23-45-50(28(4)5)41(38)32-19-31-20-35(55-6)14-16-36(31)42-40(29-11-9-8-10-12-29)37-15-13-30(21-39(37)49(42)24-32)43(51)46-56(53,54)26-27(2)3/h13-16,19-21,23,27-29,33-34H,7-12,22,24-26H2,1-6H3,(H,46,51). The topological polar surface area (TPSA) is 119 Å². The number of aromatic nitrogens is 3. The van der Waals surface area contributed by atoms with E-state index in [1.54, 1.807) is 19.4 Å². The van der Waals surface area contributed by atoms with E-state index in [1.165, 1.54) is 12.0 Å². The summed E-state index contributed by atoms with van der Waals surface area (Å²) in [6, 6.07) is 15.0. The summed E-state index contributed by atoms with van der Waals surface area (Å²) in [6.45, 7) is 11.7. The lowest BCUT2D eigenvalue weighted by molar-refractivity contribution is 0.0760. The van der Waals surface area contributed by atoms with E-state index < -0.39 is 15.9 Å². The van der Waals surface area contributed by atoms with E-state index in [0.717, 1.165) is 83.4 Å². The molecule has 1 aliphatic carbocycles. The minimum Gasteiger partial charge on any atom is -0.497 e. The minimum absolute atomic E-state index is 0.0459. The number of carbonyl (C=O) groups excluding carboxylic acids is 2. The van der Waals surface area contributed by atoms with Crippen LogP contribution in [0.2, 0.25) is 0 Å². The van der Waals surface area contributed by atoms with Gasteiger partial charge in [0.15, 0.2) is 0 Å². The molecule has 0 radical (unpaired) electrons. The smallest absolute Gasteiger partial charge is 0.264 e. The largest absolute Gasteiger partial charge is 0.497 e. The number of benzene rings is 2. The fourth-order valence-electron chi connectivity index (χ4n) is 9.38. The van der Waals surface area contributed by atoms with Crippen molar-refractivity contribution in [1.29, 1.82) is 0 Å². The number of nitrogens with zero attached hydrogens (tertiary/aromatic N) is 5. The van der Waals surface area contributed by atoms with Gasteiger partial charge in [-0.2, -0.15) is 5.10 Å². The van der Waals surface area contributed by atoms with E-state index >= 15 is 0 Å². The molecule has 1 saturated heterocycles. The SMILES string of the molecule is CCN1C#CC2CC1CN2C(=O)c1cnn(C(C)C)c1C1=Cc2cc(OC)ccc2-c2c(C3CCCCC3)c3ccc(C(=O)NS(=O)(=O)CC(C)C)cc3n2C1. The number of hydrogen-bond donors (Lipinski definition) is 1. The van der Waals surface area contributed by atoms with Gasteiger partial charge in [0.25, 0.3) is 11.8 Å². The molecule has 56 heavy (non-hydrogen) atoms. The quantitative estimate of drug-likeness (QED) is 0.168. The average molecular weight is 777 g/mol. The van der Waals surface area contributed by atoms with Crippen LogP contribution in [0.1, 0.15) is 123 Å². The molecule has 1 N–H and O–H groups in total. The van der Waals surface area contributed by atoms with E-state index in [9.17, 15) is 18.0 Å². The molecule has 2 fully saturated rings. The maximum absolute atomic E-state index is 14.7. The molecule has 11 nitrogen and oxygen atoms in total. The van der Waals surface area contributed by atoms with Crippen LogP contribution < -0.4 is 9.46 Å². The van der Waals surface area contributed by atoms with Crippen LogP contribution >= 0.6 is 0 Å². The molecule has 1 saturated carbocycles. The Balaban J connectivity index is 1.32. The van der Waals surface area contributed by atoms with Gasteiger partial charge >= 0.3 is 0 Å². The number of ether oxygens (including phenoxy) is 1. The first kappa shape index (κ1) is 37.9. The van der Waals surface area contributed by atoms with Crippen LogP contribution in [0.15, 0.2) is 42.6 Å². The number of carbonyl (C=O) groups is 2. The minimum atomic E-state index is -3.83. The lowest BCUT2D eigenvalue weighted by atomic mass is 9.81. The lowest BCUT2D eigenvalue weighted by Crippen LogP contribution is -2.36. The summed E-state index contributed by atoms with van der Waals surface area (Å²) in [5.41, 5.74) is 7.63. The molecule has 2 aromatic heterocycles. The second-order valence-electron chi connectivity index (χ2n) is 16.5. The molecule has 8 rings (SSSR count). The van der Waals surface area contributed by atoms with Gasteiger partial charge in [0.2, 0.25) is 10.0 Å². The highest BCUT2D eigenvalue weighted by molar-refractivity contribution is 7.90. The molecule has 4 aromatic rings. The molecule has 2 aromatic carbocycles. The monoisotopic (exact) mass is 776 g/mol. The van der Waals surface area contributed by atoms with Crippen LogP contribution in [0.5, 0.6) is 5.75 Å². The summed E-state index contributed by atoms with van der Waals surface area (Å²) < 4.78 is 38.1. The van der Waals surface area contributed by atoms with Gasteiger partial charge in [-0.25, -0.2) is 13.1 Å². The maximum Gasteiger partial charge on any atom is 0.264 e. The Labute approximate surface area is 330 Å². The van der Waals surface area contributed by atoms with E-state index in [0.29, 0.717) is 24.6 Å². The van der Waals surface area contributed by atoms with Crippen molar-refractivity contribution < 1.29 is 22.7 Å². The molecule has 5 heterocycles. The number of fused-ring (bicyclic) bond motifs is 7. The number of methoxy groups -OCH3 is 1. The van der Waals surface area contributed by atoms with Crippen LogP contribution in [0, 0.1) is 17.9 Å². The van der Waals surface area contributed by atoms with Gasteiger partial charge in [0.05, 0.1) is 54.6 Å². The third-order valence-electron chi connectivity index (χ3n) is 11.9. The van der Waals surface area contributed by atoms with Gasteiger partial charge in [-0.3, -0.25) is 14.3 Å². The van der Waals surface area contributed by atoms with E-state index in [4.69, 9.17) is 9.84 Å². The summed E-state index contributed by atoms with van der Waals surface area (Å²) >= 11 is 0. The summed E-state index contributed by atoms with van der Waals surface area (Å²) in [5.74, 6) is 3.36. The molecule has 12 heteroatoms. The summed E-state index contributed by atoms with van der Waals surface area (Å²) in [7, 11) is -2.16. The van der Waals surface area contributed by atoms with Crippen LogP contribution in [-0.2, 0) is 16.6 Å². The number of likely N-dealkylation sites (N-methyl/N-ethyl adjacent to an activating group) is 1. The Bertz CT molecular complexity index is 2420. The molecule has 4 aliphatic rings. The molecule has 2 atom stereocenters. The molecular weight excluding hydrogens is 725 g/mol. The Hall–Kier alpha value is -5.02. The van der Waals surface area contributed by atoms with Crippen LogP contribution in [0.4, 0.5) is 0 Å². The fourth-order valence-corrected chi connectivity index (χ4v) is 10.7. The Morgan fingerprint density at radius 1 is 1.04 bits per heavy atom. The Morgan fingerprint density at radius 3 is 2.54 bits per heavy atom. The van der Waals surface area contributed by atoms with Gasteiger partial charge in [-0.05, 0) is 98.6 Å². The zero-order chi connectivity index (χ0) is 39.5. The zero-order valence-corrected chi connectivity index (χ0v) is 34.1. The summed E-state index contributed by atoms with van der Waals surface area (Å²) in [5, 5.41) is 5.90. The molecule has 2 unspecified atom stereocenters. The molecule has 0 spiro atoms. The van der Waals surface area contributed by atoms with Gasteiger partial charge in [0.1, 0.15) is 5.75 Å². The van der Waals surface area contributed by atoms with Gasteiger partial charge in [0, 0.05) is 53.6 Å². The average Bonchev–Trinajstić information content (AvgIpc) is 3.82. The van der Waals surface area contributed by atoms with Crippen molar-refractivity contribution in [2.45, 2.75) is 104 Å². The highest BCUT2D eigenvalue weighted by atomic mass is 32.2. The second-order valence-corrected chi connectivity index (χ2v) is 18.3. The van der Waals surface area contributed by atoms with Crippen LogP contribution in [0.25, 0.3) is 33.8 Å². The lowest BCUT2D eigenvalue weighted by Gasteiger charge is -2.24. The first-order valence-corrected chi connectivity index (χ1v) is 21.8. The van der Waals surface area contributed by atoms with E-state index in [-0.39, 0.29) is 41.3 Å². The highest BCUT2D eigenvalue weighted by Gasteiger charge is 2.41. The molecule has 2 amide bonds. The number of nitrogens with one attached hydrogen (secondary N) is 1. The third-order valence-corrected chi connectivity index (χ3v) is 13.5. The van der Waals surface area contributed by atoms with Gasteiger partial charge < -0.3 is 19.1 Å². The van der Waals surface area contributed by atoms with Crippen molar-refractivity contribution in [3.63, 3.8) is 0 Å². The molecule has 2 bridgehead atoms. The zero-order valence-electron chi connectivity index (χ0n) is 33.3. The van der Waals surface area contributed by atoms with Crippen LogP contribution in [0.3, 0.4) is 0 Å². The number of allylic oxidation sites excluding steroid dienone is 1. The predicted octanol–water partition coefficient (Wildman–Crippen LogP) is 7.29. The molecule has 294 valence electrons. The second kappa shape index (κ2) is 14.8.